The van der Waals surface area contributed by atoms with E-state index >= 15 is 0 Å². The minimum atomic E-state index is -1.16. The summed E-state index contributed by atoms with van der Waals surface area (Å²) >= 11 is 6.13. The maximum absolute atomic E-state index is 13.4. The molecule has 226 valence electrons. The highest BCUT2D eigenvalue weighted by molar-refractivity contribution is 6.30. The van der Waals surface area contributed by atoms with Crippen LogP contribution < -0.4 is 15.0 Å². The van der Waals surface area contributed by atoms with Gasteiger partial charge in [-0.05, 0) is 97.1 Å². The smallest absolute Gasteiger partial charge is 0.340 e. The summed E-state index contributed by atoms with van der Waals surface area (Å²) < 4.78 is 13.1. The zero-order chi connectivity index (χ0) is 31.5. The minimum absolute atomic E-state index is 0.0777. The Kier molecular flexibility index (Phi) is 6.90. The van der Waals surface area contributed by atoms with Crippen LogP contribution in [-0.4, -0.2) is 12.5 Å². The molecule has 0 saturated heterocycles. The van der Waals surface area contributed by atoms with E-state index in [1.165, 1.54) is 5.56 Å². The molecule has 0 amide bonds. The predicted molar refractivity (Wildman–Crippen MR) is 182 cm³/mol. The third-order valence-corrected chi connectivity index (χ3v) is 9.09. The molecule has 2 aliphatic heterocycles. The van der Waals surface area contributed by atoms with Crippen LogP contribution in [0.3, 0.4) is 0 Å². The van der Waals surface area contributed by atoms with E-state index in [0.717, 1.165) is 51.5 Å². The summed E-state index contributed by atoms with van der Waals surface area (Å²) in [4.78, 5) is 15.7. The summed E-state index contributed by atoms with van der Waals surface area (Å²) in [6.45, 7) is 11.6. The van der Waals surface area contributed by atoms with Crippen molar-refractivity contribution in [2.75, 3.05) is 16.8 Å². The Morgan fingerprint density at radius 3 is 2.20 bits per heavy atom. The van der Waals surface area contributed by atoms with Gasteiger partial charge in [-0.2, -0.15) is 0 Å². The highest BCUT2D eigenvalue weighted by Crippen LogP contribution is 2.57. The van der Waals surface area contributed by atoms with Crippen molar-refractivity contribution in [3.05, 3.63) is 142 Å². The molecule has 1 spiro atoms. The summed E-state index contributed by atoms with van der Waals surface area (Å²) in [7, 11) is 0. The first-order valence-corrected chi connectivity index (χ1v) is 15.7. The lowest BCUT2D eigenvalue weighted by molar-refractivity contribution is 0.0224. The van der Waals surface area contributed by atoms with Crippen molar-refractivity contribution in [2.45, 2.75) is 45.6 Å². The van der Waals surface area contributed by atoms with Crippen LogP contribution in [-0.2, 0) is 15.8 Å². The SMILES string of the molecule is CCN(c1ccc(C(C)(C)C)cc1)c1ccc2c(c1)Oc1cc(C)c(Nc3ccc(Cl)cc3)cc1C21OC(=O)c2ccccc21. The lowest BCUT2D eigenvalue weighted by atomic mass is 9.77. The lowest BCUT2D eigenvalue weighted by Crippen LogP contribution is -2.33. The average Bonchev–Trinajstić information content (AvgIpc) is 3.32. The second kappa shape index (κ2) is 10.7. The van der Waals surface area contributed by atoms with Gasteiger partial charge in [0.05, 0.1) is 5.56 Å². The molecule has 5 aromatic rings. The number of halogens is 1. The molecule has 2 aliphatic rings. The maximum Gasteiger partial charge on any atom is 0.340 e. The molecule has 0 bridgehead atoms. The first-order chi connectivity index (χ1) is 21.6. The fourth-order valence-corrected chi connectivity index (χ4v) is 6.58. The summed E-state index contributed by atoms with van der Waals surface area (Å²) in [6.07, 6.45) is 0. The number of anilines is 4. The van der Waals surface area contributed by atoms with Crippen molar-refractivity contribution in [3.8, 4) is 11.5 Å². The number of esters is 1. The van der Waals surface area contributed by atoms with Gasteiger partial charge in [0, 0.05) is 57.1 Å². The van der Waals surface area contributed by atoms with E-state index < -0.39 is 5.60 Å². The van der Waals surface area contributed by atoms with Gasteiger partial charge in [0.2, 0.25) is 0 Å². The second-order valence-electron chi connectivity index (χ2n) is 12.7. The number of nitrogens with zero attached hydrogens (tertiary/aromatic N) is 1. The number of benzene rings is 5. The van der Waals surface area contributed by atoms with Crippen LogP contribution in [0.15, 0.2) is 103 Å². The molecule has 6 heteroatoms. The number of hydrogen-bond donors (Lipinski definition) is 1. The first kappa shape index (κ1) is 29.0. The van der Waals surface area contributed by atoms with Gasteiger partial charge in [-0.25, -0.2) is 4.79 Å². The van der Waals surface area contributed by atoms with E-state index in [2.05, 4.69) is 74.3 Å². The van der Waals surface area contributed by atoms with Crippen LogP contribution in [0, 0.1) is 6.92 Å². The molecular weight excluding hydrogens is 580 g/mol. The number of carbonyl (C=O) groups is 1. The van der Waals surface area contributed by atoms with Crippen molar-refractivity contribution in [2.24, 2.45) is 0 Å². The van der Waals surface area contributed by atoms with E-state index in [0.29, 0.717) is 22.1 Å². The Morgan fingerprint density at radius 2 is 1.49 bits per heavy atom. The summed E-state index contributed by atoms with van der Waals surface area (Å²) in [5.74, 6) is 0.961. The van der Waals surface area contributed by atoms with Crippen LogP contribution >= 0.6 is 11.6 Å². The first-order valence-electron chi connectivity index (χ1n) is 15.3. The van der Waals surface area contributed by atoms with Crippen molar-refractivity contribution in [1.29, 1.82) is 0 Å². The van der Waals surface area contributed by atoms with Gasteiger partial charge < -0.3 is 19.7 Å². The Labute approximate surface area is 269 Å². The van der Waals surface area contributed by atoms with Gasteiger partial charge in [-0.3, -0.25) is 0 Å². The monoisotopic (exact) mass is 614 g/mol. The standard InChI is InChI=1S/C39H35ClN2O3/c1-6-42(28-17-11-25(12-18-28)38(3,4)5)29-19-20-32-36(22-29)44-35-21-24(2)34(41-27-15-13-26(40)14-16-27)23-33(35)39(32)31-10-8-7-9-30(31)37(43)45-39/h7-23,41H,6H2,1-5H3. The number of carbonyl (C=O) groups excluding carboxylic acids is 1. The minimum Gasteiger partial charge on any atom is -0.456 e. The summed E-state index contributed by atoms with van der Waals surface area (Å²) in [5, 5.41) is 4.19. The van der Waals surface area contributed by atoms with E-state index in [9.17, 15) is 4.79 Å². The molecule has 0 radical (unpaired) electrons. The van der Waals surface area contributed by atoms with Gasteiger partial charge in [-0.15, -0.1) is 0 Å². The molecule has 1 atom stereocenters. The number of aryl methyl sites for hydroxylation is 1. The van der Waals surface area contributed by atoms with Gasteiger partial charge >= 0.3 is 5.97 Å². The van der Waals surface area contributed by atoms with Gasteiger partial charge in [-0.1, -0.05) is 62.7 Å². The molecule has 1 unspecified atom stereocenters. The van der Waals surface area contributed by atoms with Crippen molar-refractivity contribution in [3.63, 3.8) is 0 Å². The van der Waals surface area contributed by atoms with E-state index in [4.69, 9.17) is 21.1 Å². The number of nitrogens with one attached hydrogen (secondary N) is 1. The Hall–Kier alpha value is -4.74. The Morgan fingerprint density at radius 1 is 0.800 bits per heavy atom. The third-order valence-electron chi connectivity index (χ3n) is 8.84. The fourth-order valence-electron chi connectivity index (χ4n) is 6.46. The molecule has 5 aromatic carbocycles. The van der Waals surface area contributed by atoms with Crippen LogP contribution in [0.4, 0.5) is 22.7 Å². The number of ether oxygens (including phenoxy) is 2. The predicted octanol–water partition coefficient (Wildman–Crippen LogP) is 10.4. The highest BCUT2D eigenvalue weighted by atomic mass is 35.5. The maximum atomic E-state index is 13.4. The largest absolute Gasteiger partial charge is 0.456 e. The third kappa shape index (κ3) is 4.83. The molecule has 1 N–H and O–H groups in total. The number of hydrogen-bond acceptors (Lipinski definition) is 5. The zero-order valence-corrected chi connectivity index (χ0v) is 26.8. The van der Waals surface area contributed by atoms with Crippen LogP contribution in [0.1, 0.15) is 65.9 Å². The lowest BCUT2D eigenvalue weighted by Gasteiger charge is -2.38. The second-order valence-corrected chi connectivity index (χ2v) is 13.2. The molecule has 0 aliphatic carbocycles. The van der Waals surface area contributed by atoms with Gasteiger partial charge in [0.1, 0.15) is 11.5 Å². The Balaban J connectivity index is 1.36. The van der Waals surface area contributed by atoms with Crippen LogP contribution in [0.25, 0.3) is 0 Å². The number of rotatable bonds is 5. The summed E-state index contributed by atoms with van der Waals surface area (Å²) in [6, 6.07) is 34.2. The van der Waals surface area contributed by atoms with Crippen molar-refractivity contribution >= 4 is 40.3 Å². The van der Waals surface area contributed by atoms with Gasteiger partial charge in [0.15, 0.2) is 5.60 Å². The van der Waals surface area contributed by atoms with E-state index in [-0.39, 0.29) is 11.4 Å². The number of fused-ring (bicyclic) bond motifs is 6. The zero-order valence-electron chi connectivity index (χ0n) is 26.1. The van der Waals surface area contributed by atoms with Crippen molar-refractivity contribution in [1.82, 2.24) is 0 Å². The molecule has 7 rings (SSSR count). The summed E-state index contributed by atoms with van der Waals surface area (Å²) in [5.41, 5.74) is 8.00. The molecule has 0 fully saturated rings. The Bertz CT molecular complexity index is 1940. The molecule has 5 nitrogen and oxygen atoms in total. The van der Waals surface area contributed by atoms with E-state index in [1.54, 1.807) is 0 Å². The molecule has 2 heterocycles. The fraction of sp³-hybridized carbons (Fsp3) is 0.205. The van der Waals surface area contributed by atoms with Crippen LogP contribution in [0.2, 0.25) is 5.02 Å². The quantitative estimate of drug-likeness (QED) is 0.200. The molecular formula is C39H35ClN2O3. The molecule has 0 saturated carbocycles. The van der Waals surface area contributed by atoms with Gasteiger partial charge in [0.25, 0.3) is 0 Å². The topological polar surface area (TPSA) is 50.8 Å². The average molecular weight is 615 g/mol. The highest BCUT2D eigenvalue weighted by Gasteiger charge is 2.53. The molecule has 45 heavy (non-hydrogen) atoms. The van der Waals surface area contributed by atoms with Crippen molar-refractivity contribution < 1.29 is 14.3 Å². The molecule has 0 aromatic heterocycles. The van der Waals surface area contributed by atoms with Crippen LogP contribution in [0.5, 0.6) is 11.5 Å². The van der Waals surface area contributed by atoms with E-state index in [1.807, 2.05) is 73.7 Å². The normalized spacial score (nSPS) is 16.4.